The second-order valence-corrected chi connectivity index (χ2v) is 4.51. The minimum Gasteiger partial charge on any atom is -0.319 e. The van der Waals surface area contributed by atoms with Gasteiger partial charge >= 0.3 is 0 Å². The molecule has 0 fully saturated rings. The van der Waals surface area contributed by atoms with E-state index >= 15 is 0 Å². The number of carbonyl (C=O) groups is 1. The van der Waals surface area contributed by atoms with Gasteiger partial charge in [-0.05, 0) is 6.07 Å². The van der Waals surface area contributed by atoms with Gasteiger partial charge in [0.1, 0.15) is 5.82 Å². The van der Waals surface area contributed by atoms with Crippen LogP contribution < -0.4 is 5.32 Å². The van der Waals surface area contributed by atoms with Gasteiger partial charge in [-0.15, -0.1) is 0 Å². The second-order valence-electron chi connectivity index (χ2n) is 4.51. The topological polar surface area (TPSA) is 67.8 Å². The van der Waals surface area contributed by atoms with Crippen LogP contribution in [0.2, 0.25) is 0 Å². The molecule has 22 heavy (non-hydrogen) atoms. The number of anilines is 1. The van der Waals surface area contributed by atoms with E-state index in [9.17, 15) is 9.18 Å². The lowest BCUT2D eigenvalue weighted by molar-refractivity contribution is 0.102. The highest BCUT2D eigenvalue weighted by Crippen LogP contribution is 2.15. The van der Waals surface area contributed by atoms with Gasteiger partial charge in [0.15, 0.2) is 5.82 Å². The van der Waals surface area contributed by atoms with Gasteiger partial charge in [-0.1, -0.05) is 30.3 Å². The summed E-state index contributed by atoms with van der Waals surface area (Å²) in [6, 6.07) is 10.6. The Bertz CT molecular complexity index is 791. The lowest BCUT2D eigenvalue weighted by Gasteiger charge is -2.05. The van der Waals surface area contributed by atoms with Crippen LogP contribution in [0.25, 0.3) is 11.4 Å². The van der Waals surface area contributed by atoms with E-state index in [2.05, 4.69) is 20.3 Å². The Hall–Kier alpha value is -3.15. The molecule has 2 heterocycles. The second kappa shape index (κ2) is 6.09. The van der Waals surface area contributed by atoms with Crippen molar-refractivity contribution in [3.8, 4) is 11.4 Å². The van der Waals surface area contributed by atoms with Gasteiger partial charge in [-0.25, -0.2) is 14.4 Å². The zero-order chi connectivity index (χ0) is 15.4. The van der Waals surface area contributed by atoms with Crippen molar-refractivity contribution in [2.45, 2.75) is 0 Å². The van der Waals surface area contributed by atoms with E-state index in [-0.39, 0.29) is 5.56 Å². The summed E-state index contributed by atoms with van der Waals surface area (Å²) in [6.45, 7) is 0. The monoisotopic (exact) mass is 294 g/mol. The standard InChI is InChI=1S/C16H11FN4O/c17-13-6-12(7-18-8-13)16(22)21-14-9-19-15(20-10-14)11-4-2-1-3-5-11/h1-10H,(H,21,22). The normalized spacial score (nSPS) is 10.2. The largest absolute Gasteiger partial charge is 0.319 e. The highest BCUT2D eigenvalue weighted by molar-refractivity contribution is 6.03. The number of aromatic nitrogens is 3. The van der Waals surface area contributed by atoms with Crippen molar-refractivity contribution in [3.63, 3.8) is 0 Å². The zero-order valence-electron chi connectivity index (χ0n) is 11.4. The van der Waals surface area contributed by atoms with Gasteiger partial charge in [0.05, 0.1) is 29.8 Å². The van der Waals surface area contributed by atoms with Crippen molar-refractivity contribution in [2.24, 2.45) is 0 Å². The van der Waals surface area contributed by atoms with Crippen LogP contribution in [0.3, 0.4) is 0 Å². The van der Waals surface area contributed by atoms with Gasteiger partial charge in [0.2, 0.25) is 0 Å². The van der Waals surface area contributed by atoms with Gasteiger partial charge in [0, 0.05) is 11.8 Å². The first-order valence-corrected chi connectivity index (χ1v) is 6.52. The molecule has 0 aliphatic rings. The maximum Gasteiger partial charge on any atom is 0.257 e. The number of benzene rings is 1. The summed E-state index contributed by atoms with van der Waals surface area (Å²) in [4.78, 5) is 24.0. The number of hydrogen-bond acceptors (Lipinski definition) is 4. The summed E-state index contributed by atoms with van der Waals surface area (Å²) >= 11 is 0. The molecule has 2 aromatic heterocycles. The summed E-state index contributed by atoms with van der Waals surface area (Å²) in [7, 11) is 0. The number of hydrogen-bond donors (Lipinski definition) is 1. The number of rotatable bonds is 3. The molecule has 5 nitrogen and oxygen atoms in total. The van der Waals surface area contributed by atoms with Crippen LogP contribution in [0, 0.1) is 5.82 Å². The predicted molar refractivity (Wildman–Crippen MR) is 79.6 cm³/mol. The fraction of sp³-hybridized carbons (Fsp3) is 0. The maximum atomic E-state index is 13.0. The van der Waals surface area contributed by atoms with Gasteiger partial charge in [0.25, 0.3) is 5.91 Å². The van der Waals surface area contributed by atoms with Gasteiger partial charge < -0.3 is 5.32 Å². The molecule has 1 amide bonds. The molecule has 0 spiro atoms. The molecule has 0 radical (unpaired) electrons. The molecular formula is C16H11FN4O. The Morgan fingerprint density at radius 3 is 2.41 bits per heavy atom. The minimum absolute atomic E-state index is 0.132. The molecule has 1 aromatic carbocycles. The zero-order valence-corrected chi connectivity index (χ0v) is 11.4. The van der Waals surface area contributed by atoms with E-state index in [4.69, 9.17) is 0 Å². The Balaban J connectivity index is 1.75. The SMILES string of the molecule is O=C(Nc1cnc(-c2ccccc2)nc1)c1cncc(F)c1. The molecule has 108 valence electrons. The molecule has 1 N–H and O–H groups in total. The minimum atomic E-state index is -0.566. The number of nitrogens with zero attached hydrogens (tertiary/aromatic N) is 3. The summed E-state index contributed by atoms with van der Waals surface area (Å²) in [5, 5.41) is 2.59. The van der Waals surface area contributed by atoms with Gasteiger partial charge in [-0.3, -0.25) is 9.78 Å². The molecule has 0 atom stereocenters. The molecular weight excluding hydrogens is 283 g/mol. The molecule has 0 saturated heterocycles. The first-order valence-electron chi connectivity index (χ1n) is 6.52. The number of halogens is 1. The predicted octanol–water partition coefficient (Wildman–Crippen LogP) is 2.93. The third-order valence-corrected chi connectivity index (χ3v) is 2.91. The van der Waals surface area contributed by atoms with E-state index in [0.717, 1.165) is 17.8 Å². The summed E-state index contributed by atoms with van der Waals surface area (Å²) < 4.78 is 13.0. The number of amides is 1. The summed E-state index contributed by atoms with van der Waals surface area (Å²) in [5.74, 6) is -0.475. The molecule has 3 aromatic rings. The first kappa shape index (κ1) is 13.8. The lowest BCUT2D eigenvalue weighted by Crippen LogP contribution is -2.13. The van der Waals surface area contributed by atoms with Crippen LogP contribution in [0.4, 0.5) is 10.1 Å². The molecule has 0 saturated carbocycles. The van der Waals surface area contributed by atoms with E-state index in [1.54, 1.807) is 0 Å². The van der Waals surface area contributed by atoms with E-state index in [1.807, 2.05) is 30.3 Å². The molecule has 0 aliphatic heterocycles. The van der Waals surface area contributed by atoms with E-state index in [0.29, 0.717) is 11.5 Å². The van der Waals surface area contributed by atoms with E-state index in [1.165, 1.54) is 18.6 Å². The molecule has 0 unspecified atom stereocenters. The highest BCUT2D eigenvalue weighted by atomic mass is 19.1. The smallest absolute Gasteiger partial charge is 0.257 e. The quantitative estimate of drug-likeness (QED) is 0.806. The molecule has 0 aliphatic carbocycles. The van der Waals surface area contributed by atoms with E-state index < -0.39 is 11.7 Å². The van der Waals surface area contributed by atoms with Crippen LogP contribution in [0.15, 0.2) is 61.2 Å². The first-order chi connectivity index (χ1) is 10.7. The number of pyridine rings is 1. The summed E-state index contributed by atoms with van der Waals surface area (Å²) in [6.07, 6.45) is 5.33. The van der Waals surface area contributed by atoms with Crippen LogP contribution in [0.5, 0.6) is 0 Å². The highest BCUT2D eigenvalue weighted by Gasteiger charge is 2.08. The van der Waals surface area contributed by atoms with Gasteiger partial charge in [-0.2, -0.15) is 0 Å². The van der Waals surface area contributed by atoms with Crippen LogP contribution in [-0.4, -0.2) is 20.9 Å². The Morgan fingerprint density at radius 2 is 1.73 bits per heavy atom. The van der Waals surface area contributed by atoms with Crippen molar-refractivity contribution in [1.82, 2.24) is 15.0 Å². The molecule has 6 heteroatoms. The average molecular weight is 294 g/mol. The Morgan fingerprint density at radius 1 is 1.00 bits per heavy atom. The van der Waals surface area contributed by atoms with Crippen LogP contribution in [0.1, 0.15) is 10.4 Å². The van der Waals surface area contributed by atoms with Crippen molar-refractivity contribution in [2.75, 3.05) is 5.32 Å². The Kier molecular flexibility index (Phi) is 3.82. The molecule has 3 rings (SSSR count). The van der Waals surface area contributed by atoms with Crippen LogP contribution in [-0.2, 0) is 0 Å². The van der Waals surface area contributed by atoms with Crippen LogP contribution >= 0.6 is 0 Å². The van der Waals surface area contributed by atoms with Crippen molar-refractivity contribution < 1.29 is 9.18 Å². The molecule has 0 bridgehead atoms. The maximum absolute atomic E-state index is 13.0. The lowest BCUT2D eigenvalue weighted by atomic mass is 10.2. The third-order valence-electron chi connectivity index (χ3n) is 2.91. The van der Waals surface area contributed by atoms with Crippen molar-refractivity contribution in [1.29, 1.82) is 0 Å². The summed E-state index contributed by atoms with van der Waals surface area (Å²) in [5.41, 5.74) is 1.44. The Labute approximate surface area is 125 Å². The number of nitrogens with one attached hydrogen (secondary N) is 1. The third kappa shape index (κ3) is 3.12. The van der Waals surface area contributed by atoms with Crippen molar-refractivity contribution in [3.05, 3.63) is 72.6 Å². The fourth-order valence-corrected chi connectivity index (χ4v) is 1.87. The van der Waals surface area contributed by atoms with Crippen molar-refractivity contribution >= 4 is 11.6 Å². The number of carbonyl (C=O) groups excluding carboxylic acids is 1. The average Bonchev–Trinajstić information content (AvgIpc) is 2.56. The fourth-order valence-electron chi connectivity index (χ4n) is 1.87.